The summed E-state index contributed by atoms with van der Waals surface area (Å²) in [7, 11) is 0. The van der Waals surface area contributed by atoms with Gasteiger partial charge in [-0.2, -0.15) is 0 Å². The Balaban J connectivity index is 0.00000256. The number of aromatic nitrogens is 1. The Morgan fingerprint density at radius 3 is 2.65 bits per heavy atom. The molecule has 1 rings (SSSR count). The van der Waals surface area contributed by atoms with Gasteiger partial charge in [0.05, 0.1) is 5.69 Å². The van der Waals surface area contributed by atoms with Gasteiger partial charge in [0.2, 0.25) is 5.91 Å². The average Bonchev–Trinajstić information content (AvgIpc) is 2.44. The molecule has 1 atom stereocenters. The number of aryl methyl sites for hydroxylation is 2. The van der Waals surface area contributed by atoms with E-state index in [1.54, 1.807) is 0 Å². The molecule has 17 heavy (non-hydrogen) atoms. The molecule has 0 radical (unpaired) electrons. The summed E-state index contributed by atoms with van der Waals surface area (Å²) in [4.78, 5) is 15.5. The van der Waals surface area contributed by atoms with Crippen LogP contribution in [0.5, 0.6) is 0 Å². The van der Waals surface area contributed by atoms with Crippen molar-refractivity contribution >= 4 is 18.3 Å². The highest BCUT2D eigenvalue weighted by Gasteiger charge is 2.08. The molecule has 0 aliphatic rings. The van der Waals surface area contributed by atoms with E-state index in [2.05, 4.69) is 10.3 Å². The number of hydrogen-bond donors (Lipinski definition) is 2. The summed E-state index contributed by atoms with van der Waals surface area (Å²) in [6, 6.07) is -0.101. The fraction of sp³-hybridized carbons (Fsp3) is 0.636. The van der Waals surface area contributed by atoms with Gasteiger partial charge in [-0.05, 0) is 13.8 Å². The molecule has 0 aliphatic carbocycles. The first-order valence-corrected chi connectivity index (χ1v) is 5.44. The highest BCUT2D eigenvalue weighted by molar-refractivity contribution is 5.85. The van der Waals surface area contributed by atoms with E-state index in [4.69, 9.17) is 10.2 Å². The first kappa shape index (κ1) is 15.9. The number of carbonyl (C=O) groups is 1. The Morgan fingerprint density at radius 1 is 1.53 bits per heavy atom. The van der Waals surface area contributed by atoms with Crippen LogP contribution in [0.2, 0.25) is 0 Å². The maximum atomic E-state index is 11.3. The molecule has 98 valence electrons. The highest BCUT2D eigenvalue weighted by atomic mass is 35.5. The third-order valence-electron chi connectivity index (χ3n) is 2.19. The van der Waals surface area contributed by atoms with Gasteiger partial charge in [-0.3, -0.25) is 4.79 Å². The first-order valence-electron chi connectivity index (χ1n) is 5.44. The molecule has 6 heteroatoms. The van der Waals surface area contributed by atoms with Crippen LogP contribution in [-0.2, 0) is 11.2 Å². The van der Waals surface area contributed by atoms with Gasteiger partial charge >= 0.3 is 0 Å². The van der Waals surface area contributed by atoms with Crippen molar-refractivity contribution in [3.05, 3.63) is 17.3 Å². The lowest BCUT2D eigenvalue weighted by Gasteiger charge is -2.06. The van der Waals surface area contributed by atoms with E-state index < -0.39 is 0 Å². The van der Waals surface area contributed by atoms with Crippen molar-refractivity contribution in [3.8, 4) is 0 Å². The lowest BCUT2D eigenvalue weighted by Crippen LogP contribution is -2.31. The smallest absolute Gasteiger partial charge is 0.221 e. The van der Waals surface area contributed by atoms with Crippen LogP contribution in [0.25, 0.3) is 0 Å². The van der Waals surface area contributed by atoms with E-state index in [0.29, 0.717) is 25.3 Å². The molecule has 0 spiro atoms. The van der Waals surface area contributed by atoms with Gasteiger partial charge in [0.25, 0.3) is 0 Å². The molecule has 0 aliphatic heterocycles. The number of carbonyl (C=O) groups excluding carboxylic acids is 1. The lowest BCUT2D eigenvalue weighted by molar-refractivity contribution is -0.121. The van der Waals surface area contributed by atoms with Gasteiger partial charge < -0.3 is 15.5 Å². The van der Waals surface area contributed by atoms with Crippen molar-refractivity contribution in [3.63, 3.8) is 0 Å². The Bertz CT molecular complexity index is 364. The van der Waals surface area contributed by atoms with Crippen molar-refractivity contribution < 1.29 is 9.21 Å². The van der Waals surface area contributed by atoms with Crippen LogP contribution in [0.1, 0.15) is 30.7 Å². The first-order chi connectivity index (χ1) is 7.49. The Kier molecular flexibility index (Phi) is 6.83. The fourth-order valence-electron chi connectivity index (χ4n) is 1.49. The van der Waals surface area contributed by atoms with E-state index in [1.807, 2.05) is 20.8 Å². The quantitative estimate of drug-likeness (QED) is 0.832. The Labute approximate surface area is 108 Å². The van der Waals surface area contributed by atoms with Crippen molar-refractivity contribution in [2.24, 2.45) is 5.73 Å². The molecule has 0 aromatic carbocycles. The molecular formula is C11H20ClN3O2. The minimum atomic E-state index is -0.101. The molecule has 0 fully saturated rings. The van der Waals surface area contributed by atoms with Crippen LogP contribution in [0.3, 0.4) is 0 Å². The van der Waals surface area contributed by atoms with E-state index in [0.717, 1.165) is 11.5 Å². The number of oxazole rings is 1. The normalized spacial score (nSPS) is 11.8. The molecule has 5 nitrogen and oxygen atoms in total. The number of hydrogen-bond acceptors (Lipinski definition) is 4. The van der Waals surface area contributed by atoms with Crippen LogP contribution < -0.4 is 11.1 Å². The van der Waals surface area contributed by atoms with Gasteiger partial charge in [-0.15, -0.1) is 12.4 Å². The van der Waals surface area contributed by atoms with Crippen LogP contribution in [0.4, 0.5) is 0 Å². The van der Waals surface area contributed by atoms with Crippen LogP contribution >= 0.6 is 12.4 Å². The minimum absolute atomic E-state index is 0. The summed E-state index contributed by atoms with van der Waals surface area (Å²) in [6.45, 7) is 6.06. The Hall–Kier alpha value is -1.07. The van der Waals surface area contributed by atoms with Crippen molar-refractivity contribution in [2.45, 2.75) is 39.7 Å². The van der Waals surface area contributed by atoms with Crippen molar-refractivity contribution in [2.75, 3.05) is 6.54 Å². The van der Waals surface area contributed by atoms with Crippen LogP contribution in [0, 0.1) is 13.8 Å². The van der Waals surface area contributed by atoms with Crippen molar-refractivity contribution in [1.82, 2.24) is 10.3 Å². The summed E-state index contributed by atoms with van der Waals surface area (Å²) in [5.74, 6) is 1.46. The van der Waals surface area contributed by atoms with Crippen LogP contribution in [-0.4, -0.2) is 23.5 Å². The maximum absolute atomic E-state index is 11.3. The minimum Gasteiger partial charge on any atom is -0.446 e. The fourth-order valence-corrected chi connectivity index (χ4v) is 1.49. The topological polar surface area (TPSA) is 81.2 Å². The summed E-state index contributed by atoms with van der Waals surface area (Å²) < 4.78 is 5.29. The SMILES string of the molecule is Cc1nc(CCNC(=O)CC(C)N)c(C)o1.Cl. The largest absolute Gasteiger partial charge is 0.446 e. The molecular weight excluding hydrogens is 242 g/mol. The van der Waals surface area contributed by atoms with E-state index in [9.17, 15) is 4.79 Å². The lowest BCUT2D eigenvalue weighted by atomic mass is 10.2. The average molecular weight is 262 g/mol. The zero-order valence-corrected chi connectivity index (χ0v) is 11.3. The standard InChI is InChI=1S/C11H19N3O2.ClH/c1-7(12)6-11(15)13-5-4-10-8(2)16-9(3)14-10;/h7H,4-6,12H2,1-3H3,(H,13,15);1H. The molecule has 3 N–H and O–H groups in total. The molecule has 0 bridgehead atoms. The summed E-state index contributed by atoms with van der Waals surface area (Å²) in [5.41, 5.74) is 6.42. The van der Waals surface area contributed by atoms with Gasteiger partial charge in [-0.1, -0.05) is 0 Å². The molecule has 1 amide bonds. The highest BCUT2D eigenvalue weighted by Crippen LogP contribution is 2.08. The molecule has 0 saturated heterocycles. The van der Waals surface area contributed by atoms with Gasteiger partial charge in [0.15, 0.2) is 5.89 Å². The molecule has 1 heterocycles. The number of rotatable bonds is 5. The summed E-state index contributed by atoms with van der Waals surface area (Å²) in [5, 5.41) is 2.80. The number of amides is 1. The van der Waals surface area contributed by atoms with E-state index in [-0.39, 0.29) is 24.4 Å². The predicted molar refractivity (Wildman–Crippen MR) is 68.2 cm³/mol. The third-order valence-corrected chi connectivity index (χ3v) is 2.19. The molecule has 1 aromatic rings. The second-order valence-corrected chi connectivity index (χ2v) is 4.02. The summed E-state index contributed by atoms with van der Waals surface area (Å²) >= 11 is 0. The van der Waals surface area contributed by atoms with E-state index in [1.165, 1.54) is 0 Å². The predicted octanol–water partition coefficient (Wildman–Crippen LogP) is 1.11. The zero-order valence-electron chi connectivity index (χ0n) is 10.4. The summed E-state index contributed by atoms with van der Waals surface area (Å²) in [6.07, 6.45) is 1.05. The number of nitrogens with two attached hydrogens (primary N) is 1. The third kappa shape index (κ3) is 5.70. The molecule has 1 unspecified atom stereocenters. The Morgan fingerprint density at radius 2 is 2.18 bits per heavy atom. The number of nitrogens with one attached hydrogen (secondary N) is 1. The second kappa shape index (κ2) is 7.29. The van der Waals surface area contributed by atoms with Gasteiger partial charge in [0.1, 0.15) is 5.76 Å². The van der Waals surface area contributed by atoms with Crippen molar-refractivity contribution in [1.29, 1.82) is 0 Å². The second-order valence-electron chi connectivity index (χ2n) is 4.02. The zero-order chi connectivity index (χ0) is 12.1. The van der Waals surface area contributed by atoms with Crippen LogP contribution in [0.15, 0.2) is 4.42 Å². The van der Waals surface area contributed by atoms with Gasteiger partial charge in [0, 0.05) is 32.4 Å². The number of halogens is 1. The number of nitrogens with zero attached hydrogens (tertiary/aromatic N) is 1. The monoisotopic (exact) mass is 261 g/mol. The maximum Gasteiger partial charge on any atom is 0.221 e. The van der Waals surface area contributed by atoms with E-state index >= 15 is 0 Å². The molecule has 1 aromatic heterocycles. The molecule has 0 saturated carbocycles. The van der Waals surface area contributed by atoms with Gasteiger partial charge in [-0.25, -0.2) is 4.98 Å².